The minimum absolute atomic E-state index is 0.212. The molecule has 90 valence electrons. The minimum Gasteiger partial charge on any atom is -0.419 e. The summed E-state index contributed by atoms with van der Waals surface area (Å²) >= 11 is 0. The molecule has 0 bridgehead atoms. The number of aromatic nitrogens is 2. The first kappa shape index (κ1) is 11.7. The lowest BCUT2D eigenvalue weighted by Crippen LogP contribution is -2.21. The number of hydrogen-bond acceptors (Lipinski definition) is 4. The SMILES string of the molecule is CC(C)NCc1nnc(-c2ccccc2F)o1. The monoisotopic (exact) mass is 235 g/mol. The fourth-order valence-electron chi connectivity index (χ4n) is 1.36. The Kier molecular flexibility index (Phi) is 3.49. The van der Waals surface area contributed by atoms with Crippen LogP contribution >= 0.6 is 0 Å². The molecule has 0 aliphatic rings. The van der Waals surface area contributed by atoms with Crippen molar-refractivity contribution in [2.75, 3.05) is 0 Å². The maximum atomic E-state index is 13.5. The van der Waals surface area contributed by atoms with E-state index in [4.69, 9.17) is 4.42 Å². The summed E-state index contributed by atoms with van der Waals surface area (Å²) in [6.07, 6.45) is 0. The lowest BCUT2D eigenvalue weighted by Gasteiger charge is -2.03. The van der Waals surface area contributed by atoms with Crippen molar-refractivity contribution in [3.63, 3.8) is 0 Å². The number of halogens is 1. The van der Waals surface area contributed by atoms with E-state index in [1.54, 1.807) is 18.2 Å². The van der Waals surface area contributed by atoms with Gasteiger partial charge in [0.25, 0.3) is 5.89 Å². The second-order valence-corrected chi connectivity index (χ2v) is 4.02. The lowest BCUT2D eigenvalue weighted by atomic mass is 10.2. The van der Waals surface area contributed by atoms with Crippen LogP contribution < -0.4 is 5.32 Å². The summed E-state index contributed by atoms with van der Waals surface area (Å²) in [5, 5.41) is 10.8. The van der Waals surface area contributed by atoms with Crippen molar-refractivity contribution in [2.45, 2.75) is 26.4 Å². The van der Waals surface area contributed by atoms with Gasteiger partial charge in [0.2, 0.25) is 5.89 Å². The highest BCUT2D eigenvalue weighted by atomic mass is 19.1. The predicted octanol–water partition coefficient (Wildman–Crippen LogP) is 2.37. The highest BCUT2D eigenvalue weighted by molar-refractivity contribution is 5.53. The third kappa shape index (κ3) is 2.88. The summed E-state index contributed by atoms with van der Waals surface area (Å²) in [5.41, 5.74) is 0.329. The Bertz CT molecular complexity index is 496. The number of benzene rings is 1. The summed E-state index contributed by atoms with van der Waals surface area (Å²) in [6.45, 7) is 4.53. The van der Waals surface area contributed by atoms with Crippen molar-refractivity contribution in [2.24, 2.45) is 0 Å². The van der Waals surface area contributed by atoms with E-state index in [0.29, 0.717) is 24.0 Å². The molecule has 1 aromatic carbocycles. The third-order valence-electron chi connectivity index (χ3n) is 2.23. The van der Waals surface area contributed by atoms with E-state index >= 15 is 0 Å². The molecule has 17 heavy (non-hydrogen) atoms. The van der Waals surface area contributed by atoms with Gasteiger partial charge in [-0.25, -0.2) is 4.39 Å². The van der Waals surface area contributed by atoms with Crippen LogP contribution in [0.25, 0.3) is 11.5 Å². The Morgan fingerprint density at radius 1 is 1.29 bits per heavy atom. The molecule has 0 unspecified atom stereocenters. The molecular formula is C12H14FN3O. The first-order valence-electron chi connectivity index (χ1n) is 5.47. The number of nitrogens with one attached hydrogen (secondary N) is 1. The van der Waals surface area contributed by atoms with E-state index < -0.39 is 0 Å². The number of hydrogen-bond donors (Lipinski definition) is 1. The fraction of sp³-hybridized carbons (Fsp3) is 0.333. The molecule has 0 atom stereocenters. The standard InChI is InChI=1S/C12H14FN3O/c1-8(2)14-7-11-15-16-12(17-11)9-5-3-4-6-10(9)13/h3-6,8,14H,7H2,1-2H3. The highest BCUT2D eigenvalue weighted by Crippen LogP contribution is 2.20. The van der Waals surface area contributed by atoms with Crippen molar-refractivity contribution in [1.29, 1.82) is 0 Å². The molecule has 5 heteroatoms. The Hall–Kier alpha value is -1.75. The summed E-state index contributed by atoms with van der Waals surface area (Å²) in [6, 6.07) is 6.66. The molecule has 0 radical (unpaired) electrons. The second kappa shape index (κ2) is 5.05. The van der Waals surface area contributed by atoms with Crippen molar-refractivity contribution in [3.05, 3.63) is 36.0 Å². The number of nitrogens with zero attached hydrogens (tertiary/aromatic N) is 2. The van der Waals surface area contributed by atoms with Crippen LogP contribution in [0, 0.1) is 5.82 Å². The molecule has 2 aromatic rings. The average Bonchev–Trinajstić information content (AvgIpc) is 2.75. The zero-order chi connectivity index (χ0) is 12.3. The van der Waals surface area contributed by atoms with Gasteiger partial charge in [-0.1, -0.05) is 26.0 Å². The second-order valence-electron chi connectivity index (χ2n) is 4.02. The van der Waals surface area contributed by atoms with E-state index in [2.05, 4.69) is 15.5 Å². The largest absolute Gasteiger partial charge is 0.419 e. The highest BCUT2D eigenvalue weighted by Gasteiger charge is 2.12. The van der Waals surface area contributed by atoms with Gasteiger partial charge >= 0.3 is 0 Å². The van der Waals surface area contributed by atoms with E-state index in [1.165, 1.54) is 6.07 Å². The Morgan fingerprint density at radius 3 is 2.76 bits per heavy atom. The molecule has 0 saturated heterocycles. The molecule has 4 nitrogen and oxygen atoms in total. The van der Waals surface area contributed by atoms with Gasteiger partial charge in [0, 0.05) is 6.04 Å². The molecule has 0 aliphatic heterocycles. The van der Waals surface area contributed by atoms with Gasteiger partial charge in [0.1, 0.15) is 5.82 Å². The zero-order valence-electron chi connectivity index (χ0n) is 9.77. The maximum absolute atomic E-state index is 13.5. The van der Waals surface area contributed by atoms with Crippen molar-refractivity contribution in [1.82, 2.24) is 15.5 Å². The van der Waals surface area contributed by atoms with Crippen molar-refractivity contribution < 1.29 is 8.81 Å². The normalized spacial score (nSPS) is 11.1. The molecule has 1 N–H and O–H groups in total. The van der Waals surface area contributed by atoms with E-state index in [0.717, 1.165) is 0 Å². The molecule has 1 aromatic heterocycles. The lowest BCUT2D eigenvalue weighted by molar-refractivity contribution is 0.457. The molecule has 0 aliphatic carbocycles. The summed E-state index contributed by atoms with van der Waals surface area (Å²) in [5.74, 6) is 0.306. The zero-order valence-corrected chi connectivity index (χ0v) is 9.77. The van der Waals surface area contributed by atoms with E-state index in [-0.39, 0.29) is 11.7 Å². The summed E-state index contributed by atoms with van der Waals surface area (Å²) < 4.78 is 18.8. The van der Waals surface area contributed by atoms with Crippen LogP contribution in [-0.4, -0.2) is 16.2 Å². The van der Waals surface area contributed by atoms with E-state index in [1.807, 2.05) is 13.8 Å². The van der Waals surface area contributed by atoms with Crippen LogP contribution in [0.5, 0.6) is 0 Å². The van der Waals surface area contributed by atoms with Gasteiger partial charge in [-0.15, -0.1) is 10.2 Å². The third-order valence-corrected chi connectivity index (χ3v) is 2.23. The van der Waals surface area contributed by atoms with Gasteiger partial charge in [0.05, 0.1) is 12.1 Å². The van der Waals surface area contributed by atoms with Crippen LogP contribution in [0.3, 0.4) is 0 Å². The quantitative estimate of drug-likeness (QED) is 0.883. The Balaban J connectivity index is 2.16. The minimum atomic E-state index is -0.362. The molecule has 0 amide bonds. The van der Waals surface area contributed by atoms with Crippen LogP contribution in [0.2, 0.25) is 0 Å². The maximum Gasteiger partial charge on any atom is 0.250 e. The Labute approximate surface area is 98.9 Å². The van der Waals surface area contributed by atoms with E-state index in [9.17, 15) is 4.39 Å². The smallest absolute Gasteiger partial charge is 0.250 e. The number of rotatable bonds is 4. The first-order valence-corrected chi connectivity index (χ1v) is 5.47. The summed E-state index contributed by atoms with van der Waals surface area (Å²) in [7, 11) is 0. The molecule has 2 rings (SSSR count). The topological polar surface area (TPSA) is 51.0 Å². The summed E-state index contributed by atoms with van der Waals surface area (Å²) in [4.78, 5) is 0. The van der Waals surface area contributed by atoms with Crippen LogP contribution in [0.15, 0.2) is 28.7 Å². The van der Waals surface area contributed by atoms with Crippen LogP contribution in [-0.2, 0) is 6.54 Å². The fourth-order valence-corrected chi connectivity index (χ4v) is 1.36. The molecule has 0 fully saturated rings. The molecule has 0 spiro atoms. The molecular weight excluding hydrogens is 221 g/mol. The van der Waals surface area contributed by atoms with Crippen molar-refractivity contribution >= 4 is 0 Å². The van der Waals surface area contributed by atoms with Crippen LogP contribution in [0.4, 0.5) is 4.39 Å². The van der Waals surface area contributed by atoms with Crippen LogP contribution in [0.1, 0.15) is 19.7 Å². The van der Waals surface area contributed by atoms with Gasteiger partial charge in [-0.3, -0.25) is 0 Å². The van der Waals surface area contributed by atoms with Gasteiger partial charge in [-0.2, -0.15) is 0 Å². The van der Waals surface area contributed by atoms with Crippen molar-refractivity contribution in [3.8, 4) is 11.5 Å². The Morgan fingerprint density at radius 2 is 2.06 bits per heavy atom. The van der Waals surface area contributed by atoms with Gasteiger partial charge in [0.15, 0.2) is 0 Å². The first-order chi connectivity index (χ1) is 8.16. The average molecular weight is 235 g/mol. The van der Waals surface area contributed by atoms with Gasteiger partial charge in [-0.05, 0) is 12.1 Å². The van der Waals surface area contributed by atoms with Gasteiger partial charge < -0.3 is 9.73 Å². The molecule has 0 saturated carbocycles. The molecule has 1 heterocycles. The predicted molar refractivity (Wildman–Crippen MR) is 61.7 cm³/mol.